The first-order valence-electron chi connectivity index (χ1n) is 5.75. The topological polar surface area (TPSA) is 53.7 Å². The van der Waals surface area contributed by atoms with Crippen molar-refractivity contribution in [1.29, 1.82) is 0 Å². The van der Waals surface area contributed by atoms with E-state index in [1.807, 2.05) is 12.1 Å². The monoisotopic (exact) mass is 237 g/mol. The maximum absolute atomic E-state index is 5.68. The van der Waals surface area contributed by atoms with E-state index in [0.29, 0.717) is 17.6 Å². The molecule has 4 nitrogen and oxygen atoms in total. The summed E-state index contributed by atoms with van der Waals surface area (Å²) in [6.45, 7) is 0.724. The average molecular weight is 237 g/mol. The Kier molecular flexibility index (Phi) is 3.43. The first kappa shape index (κ1) is 12.0. The summed E-state index contributed by atoms with van der Waals surface area (Å²) in [4.78, 5) is 0. The zero-order chi connectivity index (χ0) is 12.4. The van der Waals surface area contributed by atoms with E-state index >= 15 is 0 Å². The molecule has 1 aliphatic rings. The molecule has 1 aromatic rings. The SMILES string of the molecule is COc1cc(OC)c([C@@H]2C[C@H]2CN)cc1OC. The van der Waals surface area contributed by atoms with E-state index in [4.69, 9.17) is 19.9 Å². The van der Waals surface area contributed by atoms with Gasteiger partial charge < -0.3 is 19.9 Å². The fourth-order valence-electron chi connectivity index (χ4n) is 2.23. The molecule has 1 aromatic carbocycles. The predicted molar refractivity (Wildman–Crippen MR) is 66.0 cm³/mol. The molecule has 0 spiro atoms. The van der Waals surface area contributed by atoms with Crippen LogP contribution in [0.2, 0.25) is 0 Å². The van der Waals surface area contributed by atoms with Crippen LogP contribution in [0.1, 0.15) is 17.9 Å². The maximum atomic E-state index is 5.68. The number of hydrogen-bond donors (Lipinski definition) is 1. The normalized spacial score (nSPS) is 22.1. The first-order valence-corrected chi connectivity index (χ1v) is 5.75. The Bertz CT molecular complexity index is 406. The van der Waals surface area contributed by atoms with E-state index in [1.54, 1.807) is 21.3 Å². The Morgan fingerprint density at radius 3 is 2.12 bits per heavy atom. The molecule has 1 fully saturated rings. The third-order valence-corrected chi connectivity index (χ3v) is 3.36. The molecular formula is C13H19NO3. The van der Waals surface area contributed by atoms with Gasteiger partial charge in [-0.3, -0.25) is 0 Å². The lowest BCUT2D eigenvalue weighted by atomic mass is 10.1. The van der Waals surface area contributed by atoms with Crippen LogP contribution < -0.4 is 19.9 Å². The quantitative estimate of drug-likeness (QED) is 0.848. The molecule has 4 heteroatoms. The van der Waals surface area contributed by atoms with Gasteiger partial charge in [0.15, 0.2) is 11.5 Å². The fraction of sp³-hybridized carbons (Fsp3) is 0.538. The number of benzene rings is 1. The molecule has 1 saturated carbocycles. The highest BCUT2D eigenvalue weighted by Crippen LogP contribution is 2.52. The summed E-state index contributed by atoms with van der Waals surface area (Å²) in [5, 5.41) is 0. The minimum Gasteiger partial charge on any atom is -0.496 e. The van der Waals surface area contributed by atoms with Gasteiger partial charge in [-0.15, -0.1) is 0 Å². The lowest BCUT2D eigenvalue weighted by Crippen LogP contribution is -2.03. The van der Waals surface area contributed by atoms with E-state index in [9.17, 15) is 0 Å². The van der Waals surface area contributed by atoms with Crippen molar-refractivity contribution in [3.63, 3.8) is 0 Å². The van der Waals surface area contributed by atoms with Crippen molar-refractivity contribution in [2.24, 2.45) is 11.7 Å². The molecule has 2 rings (SSSR count). The van der Waals surface area contributed by atoms with Gasteiger partial charge in [0, 0.05) is 11.6 Å². The molecule has 0 unspecified atom stereocenters. The van der Waals surface area contributed by atoms with Crippen molar-refractivity contribution >= 4 is 0 Å². The minimum absolute atomic E-state index is 0.495. The molecule has 0 heterocycles. The molecular weight excluding hydrogens is 218 g/mol. The molecule has 1 aliphatic carbocycles. The molecule has 2 atom stereocenters. The molecule has 2 N–H and O–H groups in total. The average Bonchev–Trinajstić information content (AvgIpc) is 3.16. The third-order valence-electron chi connectivity index (χ3n) is 3.36. The summed E-state index contributed by atoms with van der Waals surface area (Å²) in [6.07, 6.45) is 1.13. The summed E-state index contributed by atoms with van der Waals surface area (Å²) in [5.41, 5.74) is 6.85. The van der Waals surface area contributed by atoms with Crippen molar-refractivity contribution in [2.45, 2.75) is 12.3 Å². The number of nitrogens with two attached hydrogens (primary N) is 1. The molecule has 0 radical (unpaired) electrons. The second-order valence-electron chi connectivity index (χ2n) is 4.29. The van der Waals surface area contributed by atoms with Gasteiger partial charge in [0.05, 0.1) is 21.3 Å². The van der Waals surface area contributed by atoms with Crippen molar-refractivity contribution in [3.05, 3.63) is 17.7 Å². The van der Waals surface area contributed by atoms with Crippen LogP contribution in [0.15, 0.2) is 12.1 Å². The zero-order valence-corrected chi connectivity index (χ0v) is 10.5. The number of ether oxygens (including phenoxy) is 3. The number of methoxy groups -OCH3 is 3. The van der Waals surface area contributed by atoms with Crippen molar-refractivity contribution in [3.8, 4) is 17.2 Å². The van der Waals surface area contributed by atoms with Gasteiger partial charge in [-0.2, -0.15) is 0 Å². The van der Waals surface area contributed by atoms with Gasteiger partial charge >= 0.3 is 0 Å². The van der Waals surface area contributed by atoms with Crippen LogP contribution >= 0.6 is 0 Å². The smallest absolute Gasteiger partial charge is 0.164 e. The summed E-state index contributed by atoms with van der Waals surface area (Å²) < 4.78 is 16.0. The lowest BCUT2D eigenvalue weighted by Gasteiger charge is -2.14. The first-order chi connectivity index (χ1) is 8.24. The van der Waals surface area contributed by atoms with Crippen LogP contribution in [0.5, 0.6) is 17.2 Å². The van der Waals surface area contributed by atoms with Crippen LogP contribution in [-0.4, -0.2) is 27.9 Å². The van der Waals surface area contributed by atoms with Gasteiger partial charge in [0.25, 0.3) is 0 Å². The summed E-state index contributed by atoms with van der Waals surface area (Å²) in [6, 6.07) is 3.87. The van der Waals surface area contributed by atoms with E-state index < -0.39 is 0 Å². The maximum Gasteiger partial charge on any atom is 0.164 e. The van der Waals surface area contributed by atoms with Gasteiger partial charge in [-0.25, -0.2) is 0 Å². The van der Waals surface area contributed by atoms with Gasteiger partial charge in [0.1, 0.15) is 5.75 Å². The van der Waals surface area contributed by atoms with E-state index in [0.717, 1.165) is 24.5 Å². The Morgan fingerprint density at radius 1 is 1.06 bits per heavy atom. The highest BCUT2D eigenvalue weighted by atomic mass is 16.5. The molecule has 94 valence electrons. The Morgan fingerprint density at radius 2 is 1.65 bits per heavy atom. The van der Waals surface area contributed by atoms with Crippen LogP contribution in [0.25, 0.3) is 0 Å². The van der Waals surface area contributed by atoms with Crippen molar-refractivity contribution in [1.82, 2.24) is 0 Å². The second kappa shape index (κ2) is 4.84. The molecule has 0 aliphatic heterocycles. The van der Waals surface area contributed by atoms with Crippen LogP contribution in [0.4, 0.5) is 0 Å². The highest BCUT2D eigenvalue weighted by molar-refractivity contribution is 5.53. The summed E-state index contributed by atoms with van der Waals surface area (Å²) >= 11 is 0. The molecule has 0 bridgehead atoms. The van der Waals surface area contributed by atoms with Crippen LogP contribution in [-0.2, 0) is 0 Å². The lowest BCUT2D eigenvalue weighted by molar-refractivity contribution is 0.347. The number of rotatable bonds is 5. The number of hydrogen-bond acceptors (Lipinski definition) is 4. The molecule has 17 heavy (non-hydrogen) atoms. The molecule has 0 amide bonds. The zero-order valence-electron chi connectivity index (χ0n) is 10.5. The van der Waals surface area contributed by atoms with Gasteiger partial charge in [0.2, 0.25) is 0 Å². The van der Waals surface area contributed by atoms with E-state index in [-0.39, 0.29) is 0 Å². The summed E-state index contributed by atoms with van der Waals surface area (Å²) in [7, 11) is 4.93. The van der Waals surface area contributed by atoms with Crippen LogP contribution in [0.3, 0.4) is 0 Å². The van der Waals surface area contributed by atoms with Gasteiger partial charge in [-0.05, 0) is 30.9 Å². The van der Waals surface area contributed by atoms with Crippen LogP contribution in [0, 0.1) is 5.92 Å². The minimum atomic E-state index is 0.495. The summed E-state index contributed by atoms with van der Waals surface area (Å²) in [5.74, 6) is 3.35. The van der Waals surface area contributed by atoms with E-state index in [2.05, 4.69) is 0 Å². The fourth-order valence-corrected chi connectivity index (χ4v) is 2.23. The Labute approximate surface area is 102 Å². The molecule has 0 aromatic heterocycles. The largest absolute Gasteiger partial charge is 0.496 e. The van der Waals surface area contributed by atoms with Crippen molar-refractivity contribution in [2.75, 3.05) is 27.9 Å². The predicted octanol–water partition coefficient (Wildman–Crippen LogP) is 1.77. The van der Waals surface area contributed by atoms with Crippen molar-refractivity contribution < 1.29 is 14.2 Å². The third kappa shape index (κ3) is 2.17. The molecule has 0 saturated heterocycles. The Hall–Kier alpha value is -1.42. The second-order valence-corrected chi connectivity index (χ2v) is 4.29. The standard InChI is InChI=1S/C13H19NO3/c1-15-11-6-13(17-3)12(16-2)5-10(11)9-4-8(9)7-14/h5-6,8-9H,4,7,14H2,1-3H3/t8-,9+/m0/s1. The van der Waals surface area contributed by atoms with Gasteiger partial charge in [-0.1, -0.05) is 0 Å². The van der Waals surface area contributed by atoms with E-state index in [1.165, 1.54) is 5.56 Å². The highest BCUT2D eigenvalue weighted by Gasteiger charge is 2.39. The Balaban J connectivity index is 2.37.